The molecule has 0 radical (unpaired) electrons. The monoisotopic (exact) mass is 458 g/mol. The lowest BCUT2D eigenvalue weighted by atomic mass is 10.2. The third-order valence-electron chi connectivity index (χ3n) is 3.97. The van der Waals surface area contributed by atoms with Gasteiger partial charge in [0.2, 0.25) is 5.88 Å². The van der Waals surface area contributed by atoms with E-state index >= 15 is 0 Å². The van der Waals surface area contributed by atoms with Crippen LogP contribution in [-0.4, -0.2) is 40.4 Å². The number of sulfonamides is 1. The molecule has 0 aromatic carbocycles. The van der Waals surface area contributed by atoms with Gasteiger partial charge in [-0.1, -0.05) is 17.5 Å². The van der Waals surface area contributed by atoms with Crippen molar-refractivity contribution in [2.45, 2.75) is 4.90 Å². The number of nitrogens with zero attached hydrogens (tertiary/aromatic N) is 4. The van der Waals surface area contributed by atoms with Gasteiger partial charge in [0.15, 0.2) is 22.2 Å². The normalized spacial score (nSPS) is 11.1. The van der Waals surface area contributed by atoms with Crippen molar-refractivity contribution in [3.8, 4) is 17.7 Å². The predicted octanol–water partition coefficient (Wildman–Crippen LogP) is 2.75. The minimum atomic E-state index is -4.30. The van der Waals surface area contributed by atoms with Crippen LogP contribution < -0.4 is 9.46 Å². The Kier molecular flexibility index (Phi) is 5.41. The van der Waals surface area contributed by atoms with E-state index < -0.39 is 21.7 Å². The minimum absolute atomic E-state index is 0.0646. The van der Waals surface area contributed by atoms with Gasteiger partial charge in [0.1, 0.15) is 11.2 Å². The fraction of sp³-hybridized carbons (Fsp3) is 0.0526. The highest BCUT2D eigenvalue weighted by atomic mass is 35.5. The lowest BCUT2D eigenvalue weighted by Crippen LogP contribution is -2.17. The van der Waals surface area contributed by atoms with Crippen LogP contribution in [0.25, 0.3) is 11.2 Å². The van der Waals surface area contributed by atoms with Crippen LogP contribution in [0.2, 0.25) is 5.02 Å². The molecule has 0 unspecified atom stereocenters. The summed E-state index contributed by atoms with van der Waals surface area (Å²) in [5, 5.41) is 0.0646. The van der Waals surface area contributed by atoms with Gasteiger partial charge >= 0.3 is 0 Å². The van der Waals surface area contributed by atoms with E-state index in [9.17, 15) is 12.8 Å². The number of methoxy groups -OCH3 is 1. The molecular weight excluding hydrogens is 447 g/mol. The first kappa shape index (κ1) is 20.5. The molecule has 4 aromatic rings. The first-order valence-corrected chi connectivity index (χ1v) is 10.4. The number of ether oxygens (including phenoxy) is 1. The van der Waals surface area contributed by atoms with Gasteiger partial charge in [0, 0.05) is 18.6 Å². The highest BCUT2D eigenvalue weighted by Crippen LogP contribution is 2.27. The number of hydrogen-bond donors (Lipinski definition) is 2. The molecule has 12 heteroatoms. The number of anilines is 1. The second-order valence-electron chi connectivity index (χ2n) is 6.00. The molecule has 0 amide bonds. The van der Waals surface area contributed by atoms with Crippen molar-refractivity contribution in [2.75, 3.05) is 11.8 Å². The number of pyridine rings is 2. The van der Waals surface area contributed by atoms with Crippen LogP contribution in [0, 0.1) is 17.7 Å². The molecule has 0 atom stereocenters. The average molecular weight is 459 g/mol. The maximum Gasteiger partial charge on any atom is 0.268 e. The Morgan fingerprint density at radius 3 is 2.84 bits per heavy atom. The van der Waals surface area contributed by atoms with Crippen LogP contribution in [0.4, 0.5) is 10.2 Å². The molecule has 0 saturated heterocycles. The second kappa shape index (κ2) is 8.17. The molecule has 4 rings (SSSR count). The standard InChI is InChI=1S/C19H12ClFN6O3S/c1-30-19-15(8-12(20)9-25-19)31(28,29)27-18-16(21)11(4-6-23-18)2-3-13-10-24-17-14(26-13)5-7-22-17/h4-10H,1H3,(H,22,24)(H,23,27). The molecule has 9 nitrogen and oxygen atoms in total. The summed E-state index contributed by atoms with van der Waals surface area (Å²) in [5.74, 6) is 3.62. The zero-order valence-corrected chi connectivity index (χ0v) is 17.3. The van der Waals surface area contributed by atoms with Gasteiger partial charge in [-0.05, 0) is 24.1 Å². The third-order valence-corrected chi connectivity index (χ3v) is 5.51. The van der Waals surface area contributed by atoms with Crippen molar-refractivity contribution in [3.05, 3.63) is 65.1 Å². The van der Waals surface area contributed by atoms with E-state index in [-0.39, 0.29) is 21.4 Å². The Bertz CT molecular complexity index is 1460. The number of rotatable bonds is 4. The smallest absolute Gasteiger partial charge is 0.268 e. The van der Waals surface area contributed by atoms with Crippen LogP contribution in [-0.2, 0) is 10.0 Å². The summed E-state index contributed by atoms with van der Waals surface area (Å²) in [5.41, 5.74) is 1.45. The molecule has 0 bridgehead atoms. The molecule has 2 N–H and O–H groups in total. The molecule has 0 fully saturated rings. The van der Waals surface area contributed by atoms with Gasteiger partial charge in [-0.2, -0.15) is 0 Å². The molecule has 0 aliphatic carbocycles. The fourth-order valence-corrected chi connectivity index (χ4v) is 3.95. The third kappa shape index (κ3) is 4.25. The predicted molar refractivity (Wildman–Crippen MR) is 111 cm³/mol. The molecule has 4 aromatic heterocycles. The first-order valence-electron chi connectivity index (χ1n) is 8.56. The minimum Gasteiger partial charge on any atom is -0.480 e. The van der Waals surface area contributed by atoms with Crippen LogP contribution in [0.3, 0.4) is 0 Å². The lowest BCUT2D eigenvalue weighted by molar-refractivity contribution is 0.385. The number of nitrogens with one attached hydrogen (secondary N) is 2. The van der Waals surface area contributed by atoms with E-state index in [0.717, 1.165) is 6.07 Å². The maximum atomic E-state index is 14.9. The highest BCUT2D eigenvalue weighted by molar-refractivity contribution is 7.92. The summed E-state index contributed by atoms with van der Waals surface area (Å²) < 4.78 is 47.3. The number of fused-ring (bicyclic) bond motifs is 1. The molecule has 0 aliphatic heterocycles. The SMILES string of the molecule is COc1ncc(Cl)cc1S(=O)(=O)Nc1nccc(C#Cc2cnc3[nH]ccc3n2)c1F. The molecular formula is C19H12ClFN6O3S. The Balaban J connectivity index is 1.66. The lowest BCUT2D eigenvalue weighted by Gasteiger charge is -2.11. The summed E-state index contributed by atoms with van der Waals surface area (Å²) in [7, 11) is -3.05. The van der Waals surface area contributed by atoms with Crippen molar-refractivity contribution in [1.29, 1.82) is 0 Å². The Morgan fingerprint density at radius 2 is 2.03 bits per heavy atom. The van der Waals surface area contributed by atoms with E-state index in [1.165, 1.54) is 31.8 Å². The highest BCUT2D eigenvalue weighted by Gasteiger charge is 2.24. The number of aromatic nitrogens is 5. The van der Waals surface area contributed by atoms with Crippen LogP contribution in [0.5, 0.6) is 5.88 Å². The Hall–Kier alpha value is -3.75. The van der Waals surface area contributed by atoms with Crippen molar-refractivity contribution in [1.82, 2.24) is 24.9 Å². The quantitative estimate of drug-likeness (QED) is 0.451. The van der Waals surface area contributed by atoms with E-state index in [4.69, 9.17) is 16.3 Å². The van der Waals surface area contributed by atoms with Crippen LogP contribution in [0.1, 0.15) is 11.3 Å². The number of hydrogen-bond acceptors (Lipinski definition) is 7. The zero-order chi connectivity index (χ0) is 22.0. The van der Waals surface area contributed by atoms with Crippen molar-refractivity contribution >= 4 is 38.6 Å². The molecule has 156 valence electrons. The van der Waals surface area contributed by atoms with E-state index in [1.807, 2.05) is 0 Å². The number of H-pyrrole nitrogens is 1. The van der Waals surface area contributed by atoms with Gasteiger partial charge in [0.25, 0.3) is 10.0 Å². The van der Waals surface area contributed by atoms with Crippen molar-refractivity contribution in [3.63, 3.8) is 0 Å². The van der Waals surface area contributed by atoms with Gasteiger partial charge in [0.05, 0.1) is 23.9 Å². The molecule has 0 spiro atoms. The average Bonchev–Trinajstić information content (AvgIpc) is 3.22. The molecule has 0 saturated carbocycles. The zero-order valence-electron chi connectivity index (χ0n) is 15.7. The summed E-state index contributed by atoms with van der Waals surface area (Å²) in [6.07, 6.45) is 5.57. The summed E-state index contributed by atoms with van der Waals surface area (Å²) in [6.45, 7) is 0. The summed E-state index contributed by atoms with van der Waals surface area (Å²) >= 11 is 5.84. The van der Waals surface area contributed by atoms with E-state index in [2.05, 4.69) is 41.5 Å². The van der Waals surface area contributed by atoms with Gasteiger partial charge < -0.3 is 9.72 Å². The van der Waals surface area contributed by atoms with Crippen LogP contribution in [0.15, 0.2) is 47.9 Å². The Labute approximate surface area is 180 Å². The van der Waals surface area contributed by atoms with Crippen molar-refractivity contribution in [2.24, 2.45) is 0 Å². The Morgan fingerprint density at radius 1 is 1.19 bits per heavy atom. The van der Waals surface area contributed by atoms with Crippen molar-refractivity contribution < 1.29 is 17.5 Å². The van der Waals surface area contributed by atoms with E-state index in [0.29, 0.717) is 16.9 Å². The molecule has 31 heavy (non-hydrogen) atoms. The first-order chi connectivity index (χ1) is 14.9. The van der Waals surface area contributed by atoms with Gasteiger partial charge in [-0.15, -0.1) is 0 Å². The topological polar surface area (TPSA) is 123 Å². The van der Waals surface area contributed by atoms with Gasteiger partial charge in [-0.25, -0.2) is 32.7 Å². The van der Waals surface area contributed by atoms with Crippen LogP contribution >= 0.6 is 11.6 Å². The molecule has 0 aliphatic rings. The summed E-state index contributed by atoms with van der Waals surface area (Å²) in [4.78, 5) is 18.5. The van der Waals surface area contributed by atoms with E-state index in [1.54, 1.807) is 12.3 Å². The number of halogens is 2. The fourth-order valence-electron chi connectivity index (χ4n) is 2.57. The largest absolute Gasteiger partial charge is 0.480 e. The van der Waals surface area contributed by atoms with Gasteiger partial charge in [-0.3, -0.25) is 4.72 Å². The molecule has 4 heterocycles. The maximum absolute atomic E-state index is 14.9. The number of aromatic amines is 1. The second-order valence-corrected chi connectivity index (χ2v) is 8.09. The summed E-state index contributed by atoms with van der Waals surface area (Å²) in [6, 6.07) is 4.17.